The standard InChI is InChI=1S/C15H21NO5S/c1-15(2,3)21-16(10-17)14-12-8-6-5-7-11(12)9-13(14)20-22(4,18)19/h5-8,10,13-14H,9H2,1-4H3/t13-,14?/m0/s1. The van der Waals surface area contributed by atoms with Crippen molar-refractivity contribution in [2.24, 2.45) is 0 Å². The molecule has 2 atom stereocenters. The molecule has 0 aromatic heterocycles. The molecular formula is C15H21NO5S. The van der Waals surface area contributed by atoms with Crippen LogP contribution in [0.5, 0.6) is 0 Å². The number of rotatable bonds is 5. The molecule has 0 saturated heterocycles. The number of nitrogens with zero attached hydrogens (tertiary/aromatic N) is 1. The molecule has 2 rings (SSSR count). The summed E-state index contributed by atoms with van der Waals surface area (Å²) in [5.74, 6) is 0. The highest BCUT2D eigenvalue weighted by Crippen LogP contribution is 2.38. The SMILES string of the molecule is CC(C)(C)ON(C=O)C1c2ccccc2C[C@@H]1OS(C)(=O)=O. The highest BCUT2D eigenvalue weighted by atomic mass is 32.2. The predicted octanol–water partition coefficient (Wildman–Crippen LogP) is 1.82. The zero-order valence-electron chi connectivity index (χ0n) is 13.1. The fourth-order valence-corrected chi connectivity index (χ4v) is 3.23. The lowest BCUT2D eigenvalue weighted by atomic mass is 10.1. The molecule has 22 heavy (non-hydrogen) atoms. The molecule has 0 N–H and O–H groups in total. The first kappa shape index (κ1) is 16.9. The Morgan fingerprint density at radius 3 is 2.45 bits per heavy atom. The van der Waals surface area contributed by atoms with Gasteiger partial charge in [0, 0.05) is 6.42 Å². The molecule has 1 aliphatic carbocycles. The van der Waals surface area contributed by atoms with E-state index in [1.54, 1.807) is 0 Å². The van der Waals surface area contributed by atoms with Crippen LogP contribution >= 0.6 is 0 Å². The number of hydrogen-bond donors (Lipinski definition) is 0. The first-order valence-electron chi connectivity index (χ1n) is 6.99. The number of carbonyl (C=O) groups is 1. The van der Waals surface area contributed by atoms with E-state index in [1.807, 2.05) is 45.0 Å². The number of hydrogen-bond acceptors (Lipinski definition) is 5. The van der Waals surface area contributed by atoms with Crippen molar-refractivity contribution in [3.8, 4) is 0 Å². The van der Waals surface area contributed by atoms with Crippen LogP contribution in [0.1, 0.15) is 37.9 Å². The summed E-state index contributed by atoms with van der Waals surface area (Å²) in [6.45, 7) is 5.45. The molecule has 0 saturated carbocycles. The van der Waals surface area contributed by atoms with Crippen LogP contribution in [0.2, 0.25) is 0 Å². The number of benzene rings is 1. The molecule has 0 spiro atoms. The van der Waals surface area contributed by atoms with E-state index >= 15 is 0 Å². The zero-order chi connectivity index (χ0) is 16.5. The summed E-state index contributed by atoms with van der Waals surface area (Å²) in [6, 6.07) is 6.87. The van der Waals surface area contributed by atoms with Crippen molar-refractivity contribution < 1.29 is 22.2 Å². The molecule has 0 radical (unpaired) electrons. The fourth-order valence-electron chi connectivity index (χ4n) is 2.61. The van der Waals surface area contributed by atoms with Crippen molar-refractivity contribution in [3.05, 3.63) is 35.4 Å². The molecule has 0 heterocycles. The number of amides is 1. The lowest BCUT2D eigenvalue weighted by molar-refractivity contribution is -0.241. The lowest BCUT2D eigenvalue weighted by Crippen LogP contribution is -2.40. The highest BCUT2D eigenvalue weighted by Gasteiger charge is 2.41. The highest BCUT2D eigenvalue weighted by molar-refractivity contribution is 7.86. The maximum atomic E-state index is 11.5. The minimum absolute atomic E-state index is 0.408. The second-order valence-electron chi connectivity index (χ2n) is 6.36. The van der Waals surface area contributed by atoms with Crippen molar-refractivity contribution in [1.82, 2.24) is 5.06 Å². The minimum Gasteiger partial charge on any atom is -0.276 e. The van der Waals surface area contributed by atoms with Crippen LogP contribution in [0.25, 0.3) is 0 Å². The number of carbonyl (C=O) groups excluding carboxylic acids is 1. The quantitative estimate of drug-likeness (QED) is 0.468. The van der Waals surface area contributed by atoms with E-state index in [0.29, 0.717) is 12.8 Å². The van der Waals surface area contributed by atoms with Gasteiger partial charge in [-0.15, -0.1) is 0 Å². The van der Waals surface area contributed by atoms with Gasteiger partial charge in [0.25, 0.3) is 10.1 Å². The van der Waals surface area contributed by atoms with E-state index < -0.39 is 27.9 Å². The van der Waals surface area contributed by atoms with E-state index in [0.717, 1.165) is 22.4 Å². The molecule has 0 bridgehead atoms. The van der Waals surface area contributed by atoms with Crippen LogP contribution in [0.3, 0.4) is 0 Å². The van der Waals surface area contributed by atoms with Crippen LogP contribution in [-0.2, 0) is 30.4 Å². The van der Waals surface area contributed by atoms with Crippen LogP contribution in [0, 0.1) is 0 Å². The summed E-state index contributed by atoms with van der Waals surface area (Å²) in [7, 11) is -3.64. The van der Waals surface area contributed by atoms with Gasteiger partial charge in [0.05, 0.1) is 11.9 Å². The molecule has 122 valence electrons. The van der Waals surface area contributed by atoms with Gasteiger partial charge in [-0.3, -0.25) is 13.8 Å². The van der Waals surface area contributed by atoms with Crippen molar-refractivity contribution in [1.29, 1.82) is 0 Å². The van der Waals surface area contributed by atoms with Gasteiger partial charge < -0.3 is 0 Å². The fraction of sp³-hybridized carbons (Fsp3) is 0.533. The Balaban J connectivity index is 2.38. The maximum Gasteiger partial charge on any atom is 0.264 e. The third-order valence-electron chi connectivity index (χ3n) is 3.20. The molecule has 6 nitrogen and oxygen atoms in total. The largest absolute Gasteiger partial charge is 0.276 e. The third-order valence-corrected chi connectivity index (χ3v) is 3.80. The summed E-state index contributed by atoms with van der Waals surface area (Å²) in [5, 5.41) is 1.15. The monoisotopic (exact) mass is 327 g/mol. The third kappa shape index (κ3) is 4.06. The molecule has 1 aromatic rings. The van der Waals surface area contributed by atoms with Crippen LogP contribution in [0.15, 0.2) is 24.3 Å². The predicted molar refractivity (Wildman–Crippen MR) is 81.3 cm³/mol. The van der Waals surface area contributed by atoms with Crippen molar-refractivity contribution in [2.45, 2.75) is 44.9 Å². The van der Waals surface area contributed by atoms with Gasteiger partial charge in [-0.1, -0.05) is 24.3 Å². The summed E-state index contributed by atoms with van der Waals surface area (Å²) >= 11 is 0. The van der Waals surface area contributed by atoms with Crippen molar-refractivity contribution in [2.75, 3.05) is 6.26 Å². The lowest BCUT2D eigenvalue weighted by Gasteiger charge is -2.33. The summed E-state index contributed by atoms with van der Waals surface area (Å²) in [5.41, 5.74) is 1.20. The second kappa shape index (κ2) is 5.98. The molecule has 1 unspecified atom stereocenters. The number of fused-ring (bicyclic) bond motifs is 1. The van der Waals surface area contributed by atoms with Crippen LogP contribution in [0.4, 0.5) is 0 Å². The van der Waals surface area contributed by atoms with Crippen molar-refractivity contribution >= 4 is 16.5 Å². The van der Waals surface area contributed by atoms with Gasteiger partial charge in [-0.2, -0.15) is 8.42 Å². The van der Waals surface area contributed by atoms with E-state index in [-0.39, 0.29) is 0 Å². The van der Waals surface area contributed by atoms with Gasteiger partial charge in [-0.25, -0.2) is 5.06 Å². The van der Waals surface area contributed by atoms with Crippen LogP contribution < -0.4 is 0 Å². The average molecular weight is 327 g/mol. The Labute approximate surface area is 131 Å². The number of hydroxylamine groups is 2. The van der Waals surface area contributed by atoms with Gasteiger partial charge in [0.15, 0.2) is 0 Å². The molecule has 1 aliphatic rings. The summed E-state index contributed by atoms with van der Waals surface area (Å²) in [6.07, 6.45) is 1.28. The van der Waals surface area contributed by atoms with E-state index in [9.17, 15) is 13.2 Å². The smallest absolute Gasteiger partial charge is 0.264 e. The molecule has 1 aromatic carbocycles. The van der Waals surface area contributed by atoms with E-state index in [4.69, 9.17) is 9.02 Å². The second-order valence-corrected chi connectivity index (χ2v) is 7.96. The Hall–Kier alpha value is -1.44. The Kier molecular flexibility index (Phi) is 4.60. The van der Waals surface area contributed by atoms with Gasteiger partial charge in [-0.05, 0) is 31.9 Å². The zero-order valence-corrected chi connectivity index (χ0v) is 14.0. The summed E-state index contributed by atoms with van der Waals surface area (Å²) in [4.78, 5) is 17.1. The molecule has 0 aliphatic heterocycles. The minimum atomic E-state index is -3.64. The van der Waals surface area contributed by atoms with E-state index in [1.165, 1.54) is 0 Å². The van der Waals surface area contributed by atoms with Gasteiger partial charge in [0.1, 0.15) is 12.1 Å². The Bertz CT molecular complexity index is 650. The van der Waals surface area contributed by atoms with Crippen LogP contribution in [-0.4, -0.2) is 37.9 Å². The molecule has 1 amide bonds. The van der Waals surface area contributed by atoms with Gasteiger partial charge in [0.2, 0.25) is 6.41 Å². The Morgan fingerprint density at radius 2 is 1.91 bits per heavy atom. The Morgan fingerprint density at radius 1 is 1.27 bits per heavy atom. The normalized spacial score (nSPS) is 21.5. The molecule has 7 heteroatoms. The molecule has 0 fully saturated rings. The van der Waals surface area contributed by atoms with Gasteiger partial charge >= 0.3 is 0 Å². The topological polar surface area (TPSA) is 72.9 Å². The first-order valence-corrected chi connectivity index (χ1v) is 8.81. The maximum absolute atomic E-state index is 11.5. The van der Waals surface area contributed by atoms with E-state index in [2.05, 4.69) is 0 Å². The average Bonchev–Trinajstić information content (AvgIpc) is 2.70. The first-order chi connectivity index (χ1) is 10.1. The van der Waals surface area contributed by atoms with Crippen molar-refractivity contribution in [3.63, 3.8) is 0 Å². The molecular weight excluding hydrogens is 306 g/mol. The summed E-state index contributed by atoms with van der Waals surface area (Å²) < 4.78 is 28.2.